The van der Waals surface area contributed by atoms with Crippen molar-refractivity contribution in [3.63, 3.8) is 0 Å². The number of rotatable bonds is 17. The van der Waals surface area contributed by atoms with Crippen LogP contribution in [0, 0.1) is 5.92 Å². The third-order valence-corrected chi connectivity index (χ3v) is 8.17. The van der Waals surface area contributed by atoms with Crippen LogP contribution in [0.3, 0.4) is 0 Å². The molecular formula is C33H48O12. The topological polar surface area (TPSA) is 183 Å². The van der Waals surface area contributed by atoms with Gasteiger partial charge in [-0.15, -0.1) is 0 Å². The summed E-state index contributed by atoms with van der Waals surface area (Å²) < 4.78 is 24.6. The second kappa shape index (κ2) is 17.8. The smallest absolute Gasteiger partial charge is 0.328 e. The predicted octanol–water partition coefficient (Wildman–Crippen LogP) is 5.35. The average Bonchev–Trinajstić information content (AvgIpc) is 2.97. The molecule has 0 saturated carbocycles. The Morgan fingerprint density at radius 3 is 2.20 bits per heavy atom. The summed E-state index contributed by atoms with van der Waals surface area (Å²) in [5.74, 6) is -5.27. The number of esters is 2. The van der Waals surface area contributed by atoms with Gasteiger partial charge in [0.25, 0.3) is 0 Å². The average molecular weight is 637 g/mol. The Morgan fingerprint density at radius 1 is 0.911 bits per heavy atom. The fourth-order valence-corrected chi connectivity index (χ4v) is 5.52. The molecule has 0 bridgehead atoms. The Kier molecular flexibility index (Phi) is 14.9. The molecule has 2 aliphatic rings. The van der Waals surface area contributed by atoms with Crippen molar-refractivity contribution >= 4 is 29.8 Å². The molecule has 12 heteroatoms. The maximum absolute atomic E-state index is 12.8. The first-order valence-corrected chi connectivity index (χ1v) is 15.6. The molecule has 0 aliphatic carbocycles. The second-order valence-corrected chi connectivity index (χ2v) is 12.1. The molecule has 2 saturated heterocycles. The van der Waals surface area contributed by atoms with Gasteiger partial charge in [0, 0.05) is 18.9 Å². The van der Waals surface area contributed by atoms with Crippen LogP contribution in [0.1, 0.15) is 105 Å². The minimum atomic E-state index is -1.10. The van der Waals surface area contributed by atoms with Crippen molar-refractivity contribution in [3.8, 4) is 0 Å². The van der Waals surface area contributed by atoms with E-state index < -0.39 is 47.3 Å². The van der Waals surface area contributed by atoms with Gasteiger partial charge in [-0.25, -0.2) is 4.79 Å². The van der Waals surface area contributed by atoms with Gasteiger partial charge in [-0.1, -0.05) is 38.5 Å². The molecule has 0 amide bonds. The monoisotopic (exact) mass is 636 g/mol. The van der Waals surface area contributed by atoms with E-state index in [-0.39, 0.29) is 44.3 Å². The van der Waals surface area contributed by atoms with Crippen molar-refractivity contribution in [3.05, 3.63) is 35.5 Å². The number of hydrogen-bond donors (Lipinski definition) is 3. The first-order chi connectivity index (χ1) is 21.2. The Morgan fingerprint density at radius 2 is 1.58 bits per heavy atom. The van der Waals surface area contributed by atoms with E-state index in [1.54, 1.807) is 19.1 Å². The van der Waals surface area contributed by atoms with Crippen LogP contribution in [-0.4, -0.2) is 75.4 Å². The van der Waals surface area contributed by atoms with Crippen molar-refractivity contribution < 1.29 is 58.2 Å². The molecule has 5 atom stereocenters. The van der Waals surface area contributed by atoms with Gasteiger partial charge in [0.15, 0.2) is 5.79 Å². The van der Waals surface area contributed by atoms with E-state index >= 15 is 0 Å². The molecule has 0 aromatic carbocycles. The number of carbonyl (C=O) groups is 5. The van der Waals surface area contributed by atoms with E-state index in [2.05, 4.69) is 6.92 Å². The van der Waals surface area contributed by atoms with Crippen LogP contribution < -0.4 is 0 Å². The van der Waals surface area contributed by atoms with Crippen molar-refractivity contribution in [2.24, 2.45) is 5.92 Å². The maximum atomic E-state index is 12.8. The number of unbranched alkanes of at least 4 members (excludes halogenated alkanes) is 1. The van der Waals surface area contributed by atoms with Crippen LogP contribution >= 0.6 is 0 Å². The summed E-state index contributed by atoms with van der Waals surface area (Å²) in [6.07, 6.45) is 8.99. The lowest BCUT2D eigenvalue weighted by Crippen LogP contribution is -2.59. The second-order valence-electron chi connectivity index (χ2n) is 12.1. The predicted molar refractivity (Wildman–Crippen MR) is 162 cm³/mol. The molecule has 2 aliphatic heterocycles. The van der Waals surface area contributed by atoms with E-state index in [1.165, 1.54) is 0 Å². The van der Waals surface area contributed by atoms with Crippen LogP contribution in [0.4, 0.5) is 0 Å². The van der Waals surface area contributed by atoms with E-state index in [4.69, 9.17) is 29.2 Å². The molecule has 0 aromatic rings. The summed E-state index contributed by atoms with van der Waals surface area (Å²) in [6, 6.07) is 0. The zero-order valence-corrected chi connectivity index (χ0v) is 26.7. The van der Waals surface area contributed by atoms with Gasteiger partial charge < -0.3 is 34.3 Å². The lowest BCUT2D eigenvalue weighted by molar-refractivity contribution is -0.344. The molecule has 45 heavy (non-hydrogen) atoms. The van der Waals surface area contributed by atoms with Gasteiger partial charge >= 0.3 is 29.8 Å². The summed E-state index contributed by atoms with van der Waals surface area (Å²) in [6.45, 7) is 7.60. The lowest BCUT2D eigenvalue weighted by atomic mass is 9.78. The molecular weight excluding hydrogens is 588 g/mol. The molecule has 2 fully saturated rings. The third-order valence-electron chi connectivity index (χ3n) is 8.17. The van der Waals surface area contributed by atoms with Gasteiger partial charge in [0.2, 0.25) is 0 Å². The first-order valence-electron chi connectivity index (χ1n) is 15.6. The number of carbonyl (C=O) groups excluding carboxylic acids is 2. The molecule has 252 valence electrons. The van der Waals surface area contributed by atoms with Crippen LogP contribution in [0.2, 0.25) is 0 Å². The van der Waals surface area contributed by atoms with Crippen LogP contribution in [0.5, 0.6) is 0 Å². The third kappa shape index (κ3) is 12.8. The van der Waals surface area contributed by atoms with Gasteiger partial charge in [-0.05, 0) is 63.0 Å². The van der Waals surface area contributed by atoms with Gasteiger partial charge in [0.05, 0.1) is 31.8 Å². The first kappa shape index (κ1) is 37.7. The Bertz CT molecular complexity index is 1150. The molecule has 0 aromatic heterocycles. The highest BCUT2D eigenvalue weighted by Crippen LogP contribution is 2.48. The highest BCUT2D eigenvalue weighted by molar-refractivity contribution is 5.81. The molecule has 0 radical (unpaired) electrons. The SMILES string of the molecule is CCCC[C@@]1(OC(=O)CCC(=O)O)CC[C@]2(CC[C@H](C)[C@@H](C/C=C(\C)COC(=O)CCC(=O)O)O2)O[C@H]1/C=C/C(C)=C/C(=O)O. The fraction of sp³-hybridized carbons (Fsp3) is 0.667. The highest BCUT2D eigenvalue weighted by atomic mass is 16.7. The van der Waals surface area contributed by atoms with Crippen LogP contribution in [0.25, 0.3) is 0 Å². The quantitative estimate of drug-likeness (QED) is 0.0807. The number of allylic oxidation sites excluding steroid dienone is 2. The number of ether oxygens (including phenoxy) is 4. The molecule has 12 nitrogen and oxygen atoms in total. The van der Waals surface area contributed by atoms with Crippen molar-refractivity contribution in [2.45, 2.75) is 128 Å². The molecule has 2 heterocycles. The van der Waals surface area contributed by atoms with Crippen molar-refractivity contribution in [1.29, 1.82) is 0 Å². The minimum Gasteiger partial charge on any atom is -0.481 e. The van der Waals surface area contributed by atoms with Gasteiger partial charge in [0.1, 0.15) is 18.3 Å². The maximum Gasteiger partial charge on any atom is 0.328 e. The van der Waals surface area contributed by atoms with E-state index in [0.717, 1.165) is 30.9 Å². The summed E-state index contributed by atoms with van der Waals surface area (Å²) in [5.41, 5.74) is 0.180. The van der Waals surface area contributed by atoms with Gasteiger partial charge in [-0.3, -0.25) is 19.2 Å². The van der Waals surface area contributed by atoms with E-state index in [1.807, 2.05) is 19.9 Å². The standard InChI is InChI=1S/C33H48O12/c1-5-6-16-32(45-31(41)14-12-28(36)37)18-19-33(44-26(32)10-8-22(2)20-29(38)39)17-15-24(4)25(43-33)9-7-23(3)21-42-30(40)13-11-27(34)35/h7-8,10,20,24-26H,5-6,9,11-19,21H2,1-4H3,(H,34,35)(H,36,37)(H,38,39)/b10-8+,22-20+,23-7+/t24-,25+,26-,32+,33-/m0/s1. The largest absolute Gasteiger partial charge is 0.481 e. The van der Waals surface area contributed by atoms with Gasteiger partial charge in [-0.2, -0.15) is 0 Å². The normalized spacial score (nSPS) is 27.3. The lowest BCUT2D eigenvalue weighted by Gasteiger charge is -2.53. The molecule has 1 spiro atoms. The minimum absolute atomic E-state index is 0.0461. The Labute approximate surface area is 264 Å². The van der Waals surface area contributed by atoms with Crippen LogP contribution in [-0.2, 0) is 42.9 Å². The number of aliphatic carboxylic acids is 3. The Hall–Kier alpha value is -3.51. The molecule has 3 N–H and O–H groups in total. The summed E-state index contributed by atoms with van der Waals surface area (Å²) >= 11 is 0. The summed E-state index contributed by atoms with van der Waals surface area (Å²) in [5, 5.41) is 27.0. The molecule has 0 unspecified atom stereocenters. The summed E-state index contributed by atoms with van der Waals surface area (Å²) in [4.78, 5) is 57.6. The summed E-state index contributed by atoms with van der Waals surface area (Å²) in [7, 11) is 0. The van der Waals surface area contributed by atoms with Crippen molar-refractivity contribution in [2.75, 3.05) is 6.61 Å². The number of hydrogen-bond acceptors (Lipinski definition) is 9. The zero-order chi connectivity index (χ0) is 33.6. The van der Waals surface area contributed by atoms with E-state index in [9.17, 15) is 29.1 Å². The Balaban J connectivity index is 2.27. The number of carboxylic acids is 3. The number of carboxylic acid groups (broad SMARTS) is 3. The highest BCUT2D eigenvalue weighted by Gasteiger charge is 2.54. The fourth-order valence-electron chi connectivity index (χ4n) is 5.52. The van der Waals surface area contributed by atoms with E-state index in [0.29, 0.717) is 37.7 Å². The van der Waals surface area contributed by atoms with Crippen LogP contribution in [0.15, 0.2) is 35.5 Å². The van der Waals surface area contributed by atoms with Crippen molar-refractivity contribution in [1.82, 2.24) is 0 Å². The zero-order valence-electron chi connectivity index (χ0n) is 26.7. The molecule has 2 rings (SSSR count).